The minimum absolute atomic E-state index is 0.240. The van der Waals surface area contributed by atoms with E-state index >= 15 is 0 Å². The molecular weight excluding hydrogens is 244 g/mol. The standard InChI is InChI=1S/C16H23F2N/c1-11-6-8-12(9-7-11)15(19-2)10-13-4-3-5-14(17)16(13)18/h3-5,11-12,15,19H,6-10H2,1-2H3. The molecule has 1 nitrogen and oxygen atoms in total. The molecule has 0 aliphatic heterocycles. The summed E-state index contributed by atoms with van der Waals surface area (Å²) in [7, 11) is 1.92. The van der Waals surface area contributed by atoms with E-state index in [-0.39, 0.29) is 6.04 Å². The summed E-state index contributed by atoms with van der Waals surface area (Å²) in [4.78, 5) is 0. The maximum atomic E-state index is 13.7. The quantitative estimate of drug-likeness (QED) is 0.871. The zero-order valence-electron chi connectivity index (χ0n) is 11.8. The zero-order chi connectivity index (χ0) is 13.8. The summed E-state index contributed by atoms with van der Waals surface area (Å²) in [5.74, 6) is -0.0555. The van der Waals surface area contributed by atoms with Crippen molar-refractivity contribution in [1.82, 2.24) is 5.32 Å². The molecule has 0 radical (unpaired) electrons. The Hall–Kier alpha value is -0.960. The first-order chi connectivity index (χ1) is 9.11. The Bertz CT molecular complexity index is 411. The van der Waals surface area contributed by atoms with Gasteiger partial charge in [0.05, 0.1) is 0 Å². The van der Waals surface area contributed by atoms with Gasteiger partial charge in [0.25, 0.3) is 0 Å². The minimum atomic E-state index is -0.746. The monoisotopic (exact) mass is 267 g/mol. The Kier molecular flexibility index (Phi) is 4.92. The molecule has 0 heterocycles. The summed E-state index contributed by atoms with van der Waals surface area (Å²) in [5, 5.41) is 3.29. The fourth-order valence-corrected chi connectivity index (χ4v) is 3.14. The molecule has 1 N–H and O–H groups in total. The number of benzene rings is 1. The average Bonchev–Trinajstić information content (AvgIpc) is 2.42. The second-order valence-electron chi connectivity index (χ2n) is 5.83. The third-order valence-electron chi connectivity index (χ3n) is 4.47. The summed E-state index contributed by atoms with van der Waals surface area (Å²) in [6.45, 7) is 2.29. The van der Waals surface area contributed by atoms with Gasteiger partial charge in [0.15, 0.2) is 11.6 Å². The van der Waals surface area contributed by atoms with Gasteiger partial charge in [-0.25, -0.2) is 8.78 Å². The highest BCUT2D eigenvalue weighted by molar-refractivity contribution is 5.20. The van der Waals surface area contributed by atoms with Crippen LogP contribution in [0.3, 0.4) is 0 Å². The van der Waals surface area contributed by atoms with Crippen molar-refractivity contribution in [2.75, 3.05) is 7.05 Å². The Morgan fingerprint density at radius 1 is 1.21 bits per heavy atom. The van der Waals surface area contributed by atoms with Crippen LogP contribution in [0, 0.1) is 23.5 Å². The zero-order valence-corrected chi connectivity index (χ0v) is 11.8. The number of likely N-dealkylation sites (N-methyl/N-ethyl adjacent to an activating group) is 1. The van der Waals surface area contributed by atoms with E-state index in [2.05, 4.69) is 12.2 Å². The van der Waals surface area contributed by atoms with Crippen molar-refractivity contribution < 1.29 is 8.78 Å². The molecule has 0 amide bonds. The van der Waals surface area contributed by atoms with Crippen molar-refractivity contribution in [1.29, 1.82) is 0 Å². The third kappa shape index (κ3) is 3.53. The maximum Gasteiger partial charge on any atom is 0.162 e. The molecule has 1 aromatic rings. The number of hydrogen-bond donors (Lipinski definition) is 1. The van der Waals surface area contributed by atoms with Crippen molar-refractivity contribution in [3.8, 4) is 0 Å². The second-order valence-corrected chi connectivity index (χ2v) is 5.83. The minimum Gasteiger partial charge on any atom is -0.316 e. The van der Waals surface area contributed by atoms with E-state index < -0.39 is 11.6 Å². The van der Waals surface area contributed by atoms with Crippen LogP contribution in [-0.2, 0) is 6.42 Å². The van der Waals surface area contributed by atoms with Gasteiger partial charge >= 0.3 is 0 Å². The van der Waals surface area contributed by atoms with E-state index in [4.69, 9.17) is 0 Å². The van der Waals surface area contributed by atoms with Crippen LogP contribution in [0.4, 0.5) is 8.78 Å². The van der Waals surface area contributed by atoms with Gasteiger partial charge in [0.1, 0.15) is 0 Å². The molecule has 0 bridgehead atoms. The molecule has 1 aliphatic rings. The molecule has 1 saturated carbocycles. The Labute approximate surface area is 114 Å². The van der Waals surface area contributed by atoms with Gasteiger partial charge in [-0.3, -0.25) is 0 Å². The molecular formula is C16H23F2N. The first kappa shape index (κ1) is 14.4. The van der Waals surface area contributed by atoms with Crippen LogP contribution in [-0.4, -0.2) is 13.1 Å². The van der Waals surface area contributed by atoms with Crippen LogP contribution in [0.2, 0.25) is 0 Å². The molecule has 2 rings (SSSR count). The van der Waals surface area contributed by atoms with Crippen molar-refractivity contribution in [2.45, 2.75) is 45.1 Å². The highest BCUT2D eigenvalue weighted by atomic mass is 19.2. The Morgan fingerprint density at radius 2 is 1.89 bits per heavy atom. The van der Waals surface area contributed by atoms with E-state index in [0.29, 0.717) is 17.9 Å². The average molecular weight is 267 g/mol. The predicted molar refractivity (Wildman–Crippen MR) is 74.0 cm³/mol. The molecule has 0 aromatic heterocycles. The van der Waals surface area contributed by atoms with Crippen LogP contribution >= 0.6 is 0 Å². The molecule has 1 aromatic carbocycles. The highest BCUT2D eigenvalue weighted by Gasteiger charge is 2.26. The molecule has 0 saturated heterocycles. The molecule has 3 heteroatoms. The first-order valence-corrected chi connectivity index (χ1v) is 7.22. The second kappa shape index (κ2) is 6.47. The van der Waals surface area contributed by atoms with Crippen LogP contribution in [0.1, 0.15) is 38.2 Å². The van der Waals surface area contributed by atoms with Crippen molar-refractivity contribution >= 4 is 0 Å². The molecule has 106 valence electrons. The topological polar surface area (TPSA) is 12.0 Å². The lowest BCUT2D eigenvalue weighted by atomic mass is 9.77. The molecule has 0 spiro atoms. The van der Waals surface area contributed by atoms with Crippen LogP contribution in [0.15, 0.2) is 18.2 Å². The lowest BCUT2D eigenvalue weighted by Crippen LogP contribution is -2.37. The molecule has 1 aliphatic carbocycles. The molecule has 1 unspecified atom stereocenters. The van der Waals surface area contributed by atoms with Crippen molar-refractivity contribution in [3.63, 3.8) is 0 Å². The largest absolute Gasteiger partial charge is 0.316 e. The van der Waals surface area contributed by atoms with E-state index in [0.717, 1.165) is 5.92 Å². The fourth-order valence-electron chi connectivity index (χ4n) is 3.14. The van der Waals surface area contributed by atoms with Gasteiger partial charge < -0.3 is 5.32 Å². The normalized spacial score (nSPS) is 25.3. The van der Waals surface area contributed by atoms with Gasteiger partial charge in [-0.1, -0.05) is 31.9 Å². The summed E-state index contributed by atoms with van der Waals surface area (Å²) in [6, 6.07) is 4.69. The number of halogens is 2. The van der Waals surface area contributed by atoms with Gasteiger partial charge in [-0.2, -0.15) is 0 Å². The highest BCUT2D eigenvalue weighted by Crippen LogP contribution is 2.31. The lowest BCUT2D eigenvalue weighted by molar-refractivity contribution is 0.234. The predicted octanol–water partition coefficient (Wildman–Crippen LogP) is 3.92. The van der Waals surface area contributed by atoms with Crippen LogP contribution < -0.4 is 5.32 Å². The van der Waals surface area contributed by atoms with Crippen LogP contribution in [0.25, 0.3) is 0 Å². The first-order valence-electron chi connectivity index (χ1n) is 7.22. The van der Waals surface area contributed by atoms with E-state index in [1.807, 2.05) is 7.05 Å². The number of nitrogens with one attached hydrogen (secondary N) is 1. The summed E-state index contributed by atoms with van der Waals surface area (Å²) in [6.07, 6.45) is 5.43. The third-order valence-corrected chi connectivity index (χ3v) is 4.47. The van der Waals surface area contributed by atoms with Crippen molar-refractivity contribution in [2.24, 2.45) is 11.8 Å². The maximum absolute atomic E-state index is 13.7. The SMILES string of the molecule is CNC(Cc1cccc(F)c1F)C1CCC(C)CC1. The summed E-state index contributed by atoms with van der Waals surface area (Å²) in [5.41, 5.74) is 0.484. The van der Waals surface area contributed by atoms with Gasteiger partial charge in [-0.15, -0.1) is 0 Å². The van der Waals surface area contributed by atoms with Gasteiger partial charge in [0.2, 0.25) is 0 Å². The Balaban J connectivity index is 2.04. The molecule has 1 fully saturated rings. The van der Waals surface area contributed by atoms with Gasteiger partial charge in [0, 0.05) is 6.04 Å². The van der Waals surface area contributed by atoms with Gasteiger partial charge in [-0.05, 0) is 49.8 Å². The summed E-state index contributed by atoms with van der Waals surface area (Å²) < 4.78 is 27.0. The lowest BCUT2D eigenvalue weighted by Gasteiger charge is -2.32. The van der Waals surface area contributed by atoms with Crippen molar-refractivity contribution in [3.05, 3.63) is 35.4 Å². The fraction of sp³-hybridized carbons (Fsp3) is 0.625. The number of hydrogen-bond acceptors (Lipinski definition) is 1. The van der Waals surface area contributed by atoms with Crippen LogP contribution in [0.5, 0.6) is 0 Å². The Morgan fingerprint density at radius 3 is 2.53 bits per heavy atom. The molecule has 1 atom stereocenters. The molecule has 19 heavy (non-hydrogen) atoms. The van der Waals surface area contributed by atoms with E-state index in [1.165, 1.54) is 31.7 Å². The van der Waals surface area contributed by atoms with E-state index in [1.54, 1.807) is 12.1 Å². The smallest absolute Gasteiger partial charge is 0.162 e. The number of rotatable bonds is 4. The summed E-state index contributed by atoms with van der Waals surface area (Å²) >= 11 is 0. The van der Waals surface area contributed by atoms with E-state index in [9.17, 15) is 8.78 Å².